The van der Waals surface area contributed by atoms with Crippen LogP contribution in [-0.2, 0) is 0 Å². The Labute approximate surface area is 99.2 Å². The van der Waals surface area contributed by atoms with Crippen LogP contribution in [-0.4, -0.2) is 42.4 Å². The van der Waals surface area contributed by atoms with Gasteiger partial charge in [0.15, 0.2) is 0 Å². The van der Waals surface area contributed by atoms with Crippen molar-refractivity contribution >= 4 is 0 Å². The van der Waals surface area contributed by atoms with Gasteiger partial charge >= 0.3 is 0 Å². The third kappa shape index (κ3) is 2.76. The van der Waals surface area contributed by atoms with E-state index in [-0.39, 0.29) is 12.3 Å². The van der Waals surface area contributed by atoms with Crippen molar-refractivity contribution in [3.8, 4) is 0 Å². The molecule has 2 atom stereocenters. The summed E-state index contributed by atoms with van der Waals surface area (Å²) in [5.41, 5.74) is 0. The molecule has 0 bridgehead atoms. The topological polar surface area (TPSA) is 35.5 Å². The molecule has 1 aliphatic carbocycles. The Morgan fingerprint density at radius 3 is 2.25 bits per heavy atom. The van der Waals surface area contributed by atoms with E-state index in [2.05, 4.69) is 10.2 Å². The molecular weight excluding hydrogens is 200 g/mol. The van der Waals surface area contributed by atoms with Gasteiger partial charge in [0.1, 0.15) is 6.23 Å². The zero-order valence-corrected chi connectivity index (χ0v) is 10.5. The molecular formula is C13H26N2O. The summed E-state index contributed by atoms with van der Waals surface area (Å²) in [7, 11) is 2.00. The van der Waals surface area contributed by atoms with E-state index in [9.17, 15) is 5.11 Å². The molecule has 2 rings (SSSR count). The Balaban J connectivity index is 1.91. The van der Waals surface area contributed by atoms with Crippen LogP contribution in [0.15, 0.2) is 0 Å². The van der Waals surface area contributed by atoms with Crippen molar-refractivity contribution in [2.45, 2.75) is 57.2 Å². The van der Waals surface area contributed by atoms with E-state index in [4.69, 9.17) is 0 Å². The fourth-order valence-corrected chi connectivity index (χ4v) is 3.35. The van der Waals surface area contributed by atoms with Crippen molar-refractivity contribution in [3.05, 3.63) is 0 Å². The molecule has 2 fully saturated rings. The second-order valence-corrected chi connectivity index (χ2v) is 5.37. The van der Waals surface area contributed by atoms with Gasteiger partial charge in [0, 0.05) is 19.1 Å². The van der Waals surface area contributed by atoms with Crippen molar-refractivity contribution in [1.82, 2.24) is 10.2 Å². The predicted octanol–water partition coefficient (Wildman–Crippen LogP) is 1.57. The molecule has 1 saturated carbocycles. The molecule has 0 radical (unpaired) electrons. The standard InChI is InChI=1S/C13H26N2O/c1-14-12(11-7-3-2-4-8-11)13(16)15-9-5-6-10-15/h11-14,16H,2-10H2,1H3/t12-,13?/m0/s1. The maximum Gasteiger partial charge on any atom is 0.123 e. The highest BCUT2D eigenvalue weighted by molar-refractivity contribution is 4.85. The highest BCUT2D eigenvalue weighted by atomic mass is 16.3. The number of hydrogen-bond acceptors (Lipinski definition) is 3. The fourth-order valence-electron chi connectivity index (χ4n) is 3.35. The van der Waals surface area contributed by atoms with Gasteiger partial charge in [-0.05, 0) is 38.6 Å². The van der Waals surface area contributed by atoms with E-state index >= 15 is 0 Å². The molecule has 1 heterocycles. The lowest BCUT2D eigenvalue weighted by molar-refractivity contribution is -0.0292. The molecule has 0 aromatic heterocycles. The van der Waals surface area contributed by atoms with Crippen molar-refractivity contribution in [3.63, 3.8) is 0 Å². The van der Waals surface area contributed by atoms with E-state index in [1.54, 1.807) is 0 Å². The van der Waals surface area contributed by atoms with Crippen LogP contribution in [0.4, 0.5) is 0 Å². The smallest absolute Gasteiger partial charge is 0.123 e. The molecule has 1 aliphatic heterocycles. The van der Waals surface area contributed by atoms with Crippen molar-refractivity contribution in [2.75, 3.05) is 20.1 Å². The Morgan fingerprint density at radius 2 is 1.69 bits per heavy atom. The van der Waals surface area contributed by atoms with E-state index in [0.717, 1.165) is 13.1 Å². The minimum atomic E-state index is -0.268. The average Bonchev–Trinajstić information content (AvgIpc) is 2.85. The summed E-state index contributed by atoms with van der Waals surface area (Å²) in [5, 5.41) is 13.8. The quantitative estimate of drug-likeness (QED) is 0.764. The number of aliphatic hydroxyl groups excluding tert-OH is 1. The van der Waals surface area contributed by atoms with Crippen LogP contribution in [0.3, 0.4) is 0 Å². The summed E-state index contributed by atoms with van der Waals surface area (Å²) in [6.07, 6.45) is 8.87. The zero-order chi connectivity index (χ0) is 11.4. The Bertz CT molecular complexity index is 198. The lowest BCUT2D eigenvalue weighted by Gasteiger charge is -2.37. The van der Waals surface area contributed by atoms with Gasteiger partial charge in [-0.2, -0.15) is 0 Å². The number of rotatable bonds is 4. The van der Waals surface area contributed by atoms with Crippen molar-refractivity contribution < 1.29 is 5.11 Å². The Hall–Kier alpha value is -0.120. The van der Waals surface area contributed by atoms with Gasteiger partial charge < -0.3 is 10.4 Å². The van der Waals surface area contributed by atoms with Gasteiger partial charge in [-0.3, -0.25) is 4.90 Å². The van der Waals surface area contributed by atoms with E-state index in [0.29, 0.717) is 5.92 Å². The van der Waals surface area contributed by atoms with Crippen LogP contribution in [0.1, 0.15) is 44.9 Å². The summed E-state index contributed by atoms with van der Waals surface area (Å²) < 4.78 is 0. The van der Waals surface area contributed by atoms with Gasteiger partial charge in [0.05, 0.1) is 0 Å². The molecule has 1 saturated heterocycles. The number of nitrogens with one attached hydrogen (secondary N) is 1. The third-order valence-electron chi connectivity index (χ3n) is 4.33. The summed E-state index contributed by atoms with van der Waals surface area (Å²) in [6.45, 7) is 2.15. The van der Waals surface area contributed by atoms with Crippen LogP contribution < -0.4 is 5.32 Å². The van der Waals surface area contributed by atoms with Crippen LogP contribution in [0.25, 0.3) is 0 Å². The molecule has 3 heteroatoms. The Morgan fingerprint density at radius 1 is 1.06 bits per heavy atom. The first-order valence-corrected chi connectivity index (χ1v) is 6.92. The first-order valence-electron chi connectivity index (χ1n) is 6.92. The number of likely N-dealkylation sites (tertiary alicyclic amines) is 1. The lowest BCUT2D eigenvalue weighted by Crippen LogP contribution is -2.52. The molecule has 16 heavy (non-hydrogen) atoms. The van der Waals surface area contributed by atoms with Crippen molar-refractivity contribution in [1.29, 1.82) is 0 Å². The largest absolute Gasteiger partial charge is 0.377 e. The van der Waals surface area contributed by atoms with Crippen LogP contribution in [0.5, 0.6) is 0 Å². The summed E-state index contributed by atoms with van der Waals surface area (Å²) in [5.74, 6) is 0.675. The molecule has 2 N–H and O–H groups in total. The molecule has 0 aromatic carbocycles. The molecule has 0 spiro atoms. The minimum absolute atomic E-state index is 0.268. The van der Waals surface area contributed by atoms with Gasteiger partial charge in [0.2, 0.25) is 0 Å². The van der Waals surface area contributed by atoms with Crippen LogP contribution in [0, 0.1) is 5.92 Å². The van der Waals surface area contributed by atoms with Gasteiger partial charge in [-0.15, -0.1) is 0 Å². The minimum Gasteiger partial charge on any atom is -0.377 e. The zero-order valence-electron chi connectivity index (χ0n) is 10.5. The average molecular weight is 226 g/mol. The van der Waals surface area contributed by atoms with Crippen molar-refractivity contribution in [2.24, 2.45) is 5.92 Å². The summed E-state index contributed by atoms with van der Waals surface area (Å²) in [6, 6.07) is 0.276. The van der Waals surface area contributed by atoms with Gasteiger partial charge in [-0.25, -0.2) is 0 Å². The number of likely N-dealkylation sites (N-methyl/N-ethyl adjacent to an activating group) is 1. The highest BCUT2D eigenvalue weighted by Gasteiger charge is 2.32. The van der Waals surface area contributed by atoms with Crippen LogP contribution in [0.2, 0.25) is 0 Å². The normalized spacial score (nSPS) is 28.1. The van der Waals surface area contributed by atoms with E-state index < -0.39 is 0 Å². The van der Waals surface area contributed by atoms with E-state index in [1.165, 1.54) is 44.9 Å². The molecule has 1 unspecified atom stereocenters. The number of nitrogens with zero attached hydrogens (tertiary/aromatic N) is 1. The number of aliphatic hydroxyl groups is 1. The highest BCUT2D eigenvalue weighted by Crippen LogP contribution is 2.29. The summed E-state index contributed by atoms with van der Waals surface area (Å²) >= 11 is 0. The third-order valence-corrected chi connectivity index (χ3v) is 4.33. The van der Waals surface area contributed by atoms with Gasteiger partial charge in [0.25, 0.3) is 0 Å². The second kappa shape index (κ2) is 5.99. The predicted molar refractivity (Wildman–Crippen MR) is 66.2 cm³/mol. The monoisotopic (exact) mass is 226 g/mol. The fraction of sp³-hybridized carbons (Fsp3) is 1.00. The molecule has 2 aliphatic rings. The summed E-state index contributed by atoms with van der Waals surface area (Å²) in [4.78, 5) is 2.25. The molecule has 0 aromatic rings. The molecule has 3 nitrogen and oxygen atoms in total. The first kappa shape index (κ1) is 12.3. The second-order valence-electron chi connectivity index (χ2n) is 5.37. The lowest BCUT2D eigenvalue weighted by atomic mass is 9.83. The maximum atomic E-state index is 10.4. The van der Waals surface area contributed by atoms with Gasteiger partial charge in [-0.1, -0.05) is 19.3 Å². The molecule has 94 valence electrons. The van der Waals surface area contributed by atoms with E-state index in [1.807, 2.05) is 7.05 Å². The van der Waals surface area contributed by atoms with Crippen LogP contribution >= 0.6 is 0 Å². The SMILES string of the molecule is CN[C@@H](C1CCCCC1)C(O)N1CCCC1. The molecule has 0 amide bonds. The Kier molecular flexibility index (Phi) is 4.62. The number of hydrogen-bond donors (Lipinski definition) is 2. The maximum absolute atomic E-state index is 10.4. The first-order chi connectivity index (χ1) is 7.83.